The van der Waals surface area contributed by atoms with Gasteiger partial charge < -0.3 is 9.47 Å². The van der Waals surface area contributed by atoms with Gasteiger partial charge in [-0.2, -0.15) is 4.39 Å². The van der Waals surface area contributed by atoms with Crippen molar-refractivity contribution in [1.82, 2.24) is 0 Å². The van der Waals surface area contributed by atoms with Gasteiger partial charge in [-0.05, 0) is 12.5 Å². The molecule has 1 aromatic rings. The summed E-state index contributed by atoms with van der Waals surface area (Å²) in [6.45, 7) is 0. The van der Waals surface area contributed by atoms with E-state index >= 15 is 0 Å². The average Bonchev–Trinajstić information content (AvgIpc) is 2.48. The zero-order chi connectivity index (χ0) is 16.5. The third-order valence-electron chi connectivity index (χ3n) is 4.01. The maximum atomic E-state index is 13.8. The van der Waals surface area contributed by atoms with E-state index in [1.165, 1.54) is 6.07 Å². The minimum Gasteiger partial charge on any atom is -0.493 e. The van der Waals surface area contributed by atoms with Crippen LogP contribution in [0, 0.1) is 17.6 Å². The number of carbonyl (C=O) groups is 1. The molecular formula is C15H16F4O3. The molecule has 0 N–H and O–H groups in total. The molecule has 2 rings (SSSR count). The summed E-state index contributed by atoms with van der Waals surface area (Å²) in [5.74, 6) is -8.27. The summed E-state index contributed by atoms with van der Waals surface area (Å²) in [4.78, 5) is 11.8. The molecule has 1 saturated carbocycles. The Labute approximate surface area is 125 Å². The molecule has 7 heteroatoms. The number of alkyl halides is 2. The van der Waals surface area contributed by atoms with E-state index in [1.807, 2.05) is 0 Å². The molecule has 0 spiro atoms. The van der Waals surface area contributed by atoms with Gasteiger partial charge in [0.05, 0.1) is 20.1 Å². The van der Waals surface area contributed by atoms with Crippen LogP contribution in [0.1, 0.15) is 30.7 Å². The van der Waals surface area contributed by atoms with Gasteiger partial charge >= 0.3 is 5.97 Å². The van der Waals surface area contributed by atoms with Crippen LogP contribution in [0.4, 0.5) is 17.6 Å². The van der Waals surface area contributed by atoms with Crippen molar-refractivity contribution in [2.75, 3.05) is 14.2 Å². The SMILES string of the molecule is COC(=O)C1CC(F)(F)CCC1c1ccc(F)c(F)c1OC. The van der Waals surface area contributed by atoms with Gasteiger partial charge in [-0.1, -0.05) is 6.07 Å². The molecule has 0 aromatic heterocycles. The fourth-order valence-corrected chi connectivity index (χ4v) is 2.95. The number of methoxy groups -OCH3 is 2. The lowest BCUT2D eigenvalue weighted by Gasteiger charge is -2.35. The zero-order valence-electron chi connectivity index (χ0n) is 12.2. The van der Waals surface area contributed by atoms with Crippen LogP contribution in [0.15, 0.2) is 12.1 Å². The predicted molar refractivity (Wildman–Crippen MR) is 70.0 cm³/mol. The molecule has 22 heavy (non-hydrogen) atoms. The molecule has 0 bridgehead atoms. The van der Waals surface area contributed by atoms with Gasteiger partial charge in [0.15, 0.2) is 11.6 Å². The second kappa shape index (κ2) is 6.14. The number of carbonyl (C=O) groups excluding carboxylic acids is 1. The molecule has 1 aromatic carbocycles. The number of benzene rings is 1. The first-order valence-corrected chi connectivity index (χ1v) is 6.78. The van der Waals surface area contributed by atoms with E-state index in [0.717, 1.165) is 20.3 Å². The van der Waals surface area contributed by atoms with Gasteiger partial charge in [0, 0.05) is 24.3 Å². The molecule has 0 saturated heterocycles. The lowest BCUT2D eigenvalue weighted by atomic mass is 9.73. The van der Waals surface area contributed by atoms with Crippen molar-refractivity contribution in [3.63, 3.8) is 0 Å². The van der Waals surface area contributed by atoms with Crippen LogP contribution >= 0.6 is 0 Å². The normalized spacial score (nSPS) is 23.9. The van der Waals surface area contributed by atoms with E-state index in [1.54, 1.807) is 0 Å². The second-order valence-corrected chi connectivity index (χ2v) is 5.32. The smallest absolute Gasteiger partial charge is 0.309 e. The highest BCUT2D eigenvalue weighted by molar-refractivity contribution is 5.74. The molecule has 2 unspecified atom stereocenters. The number of hydrogen-bond acceptors (Lipinski definition) is 3. The molecule has 0 radical (unpaired) electrons. The van der Waals surface area contributed by atoms with E-state index in [-0.39, 0.29) is 17.7 Å². The number of hydrogen-bond donors (Lipinski definition) is 0. The molecule has 1 aliphatic carbocycles. The van der Waals surface area contributed by atoms with Crippen LogP contribution in [-0.4, -0.2) is 26.1 Å². The zero-order valence-corrected chi connectivity index (χ0v) is 12.2. The van der Waals surface area contributed by atoms with Gasteiger partial charge in [-0.3, -0.25) is 4.79 Å². The summed E-state index contributed by atoms with van der Waals surface area (Å²) in [6.07, 6.45) is -1.17. The van der Waals surface area contributed by atoms with Crippen molar-refractivity contribution in [1.29, 1.82) is 0 Å². The molecule has 2 atom stereocenters. The van der Waals surface area contributed by atoms with Gasteiger partial charge in [0.25, 0.3) is 0 Å². The minimum atomic E-state index is -2.98. The molecule has 3 nitrogen and oxygen atoms in total. The van der Waals surface area contributed by atoms with Crippen LogP contribution in [0.3, 0.4) is 0 Å². The van der Waals surface area contributed by atoms with Gasteiger partial charge in [-0.25, -0.2) is 13.2 Å². The summed E-state index contributed by atoms with van der Waals surface area (Å²) < 4.78 is 63.7. The van der Waals surface area contributed by atoms with Crippen LogP contribution in [-0.2, 0) is 9.53 Å². The van der Waals surface area contributed by atoms with Crippen molar-refractivity contribution >= 4 is 5.97 Å². The van der Waals surface area contributed by atoms with Gasteiger partial charge in [0.2, 0.25) is 11.7 Å². The van der Waals surface area contributed by atoms with E-state index in [9.17, 15) is 22.4 Å². The molecule has 0 amide bonds. The van der Waals surface area contributed by atoms with E-state index in [0.29, 0.717) is 0 Å². The third kappa shape index (κ3) is 3.03. The molecular weight excluding hydrogens is 304 g/mol. The Balaban J connectivity index is 2.45. The fraction of sp³-hybridized carbons (Fsp3) is 0.533. The van der Waals surface area contributed by atoms with Crippen molar-refractivity contribution < 1.29 is 31.8 Å². The topological polar surface area (TPSA) is 35.5 Å². The fourth-order valence-electron chi connectivity index (χ4n) is 2.95. The summed E-state index contributed by atoms with van der Waals surface area (Å²) in [5.41, 5.74) is 0.201. The van der Waals surface area contributed by atoms with E-state index in [4.69, 9.17) is 4.74 Å². The van der Waals surface area contributed by atoms with Crippen LogP contribution in [0.25, 0.3) is 0 Å². The highest BCUT2D eigenvalue weighted by Crippen LogP contribution is 2.48. The summed E-state index contributed by atoms with van der Waals surface area (Å²) in [7, 11) is 2.26. The number of esters is 1. The highest BCUT2D eigenvalue weighted by atomic mass is 19.3. The van der Waals surface area contributed by atoms with E-state index < -0.39 is 48.2 Å². The number of ether oxygens (including phenoxy) is 2. The number of halogens is 4. The Kier molecular flexibility index (Phi) is 4.63. The number of rotatable bonds is 3. The third-order valence-corrected chi connectivity index (χ3v) is 4.01. The van der Waals surface area contributed by atoms with Crippen molar-refractivity contribution in [3.05, 3.63) is 29.3 Å². The second-order valence-electron chi connectivity index (χ2n) is 5.32. The quantitative estimate of drug-likeness (QED) is 0.630. The largest absolute Gasteiger partial charge is 0.493 e. The maximum absolute atomic E-state index is 13.8. The molecule has 122 valence electrons. The molecule has 1 aliphatic rings. The summed E-state index contributed by atoms with van der Waals surface area (Å²) in [5, 5.41) is 0. The Morgan fingerprint density at radius 1 is 1.27 bits per heavy atom. The first-order chi connectivity index (χ1) is 10.3. The first-order valence-electron chi connectivity index (χ1n) is 6.78. The molecule has 1 fully saturated rings. The lowest BCUT2D eigenvalue weighted by Crippen LogP contribution is -2.36. The monoisotopic (exact) mass is 320 g/mol. The highest BCUT2D eigenvalue weighted by Gasteiger charge is 2.46. The minimum absolute atomic E-state index is 0.0474. The van der Waals surface area contributed by atoms with Gasteiger partial charge in [-0.15, -0.1) is 0 Å². The van der Waals surface area contributed by atoms with Crippen molar-refractivity contribution in [3.8, 4) is 5.75 Å². The van der Waals surface area contributed by atoms with Crippen molar-refractivity contribution in [2.24, 2.45) is 5.92 Å². The first kappa shape index (κ1) is 16.6. The summed E-state index contributed by atoms with van der Waals surface area (Å²) >= 11 is 0. The summed E-state index contributed by atoms with van der Waals surface area (Å²) in [6, 6.07) is 2.16. The Morgan fingerprint density at radius 3 is 2.55 bits per heavy atom. The van der Waals surface area contributed by atoms with Gasteiger partial charge in [0.1, 0.15) is 0 Å². The Bertz CT molecular complexity index is 574. The Hall–Kier alpha value is -1.79. The standard InChI is InChI=1S/C15H16F4O3/c1-21-13-9(3-4-11(16)12(13)17)8-5-6-15(18,19)7-10(8)14(20)22-2/h3-4,8,10H,5-7H2,1-2H3. The lowest BCUT2D eigenvalue weighted by molar-refractivity contribution is -0.154. The average molecular weight is 320 g/mol. The predicted octanol–water partition coefficient (Wildman–Crippen LogP) is 3.67. The molecule has 0 aliphatic heterocycles. The van der Waals surface area contributed by atoms with Crippen LogP contribution in [0.2, 0.25) is 0 Å². The van der Waals surface area contributed by atoms with Crippen LogP contribution < -0.4 is 4.74 Å². The molecule has 0 heterocycles. The maximum Gasteiger partial charge on any atom is 0.309 e. The van der Waals surface area contributed by atoms with E-state index in [2.05, 4.69) is 4.74 Å². The van der Waals surface area contributed by atoms with Crippen molar-refractivity contribution in [2.45, 2.75) is 31.1 Å². The Morgan fingerprint density at radius 2 is 1.95 bits per heavy atom. The van der Waals surface area contributed by atoms with Crippen LogP contribution in [0.5, 0.6) is 5.75 Å².